The standard InChI is InChI=1S/C37H49NO6S/c1-4-38-36(40)21-20-34-30(13-10-14-35(34)44-23-11-15-37(41)42-5-2)12-8-6-7-9-22-43-32-25-28(27-39)24-31(26-32)29-16-18-33(45-3)19-17-29/h10,13-14,16-19,24-26,39H,4-9,11-12,15,20-23,27H2,1-3H3,(H,38,40). The van der Waals surface area contributed by atoms with Crippen LogP contribution in [0.4, 0.5) is 0 Å². The Balaban J connectivity index is 1.50. The van der Waals surface area contributed by atoms with Crippen LogP contribution >= 0.6 is 11.8 Å². The minimum Gasteiger partial charge on any atom is -0.494 e. The molecule has 0 aliphatic heterocycles. The Morgan fingerprint density at radius 2 is 1.60 bits per heavy atom. The van der Waals surface area contributed by atoms with Crippen molar-refractivity contribution in [2.45, 2.75) is 83.1 Å². The molecule has 0 aliphatic rings. The summed E-state index contributed by atoms with van der Waals surface area (Å²) < 4.78 is 17.2. The van der Waals surface area contributed by atoms with E-state index in [0.29, 0.717) is 52.0 Å². The van der Waals surface area contributed by atoms with Gasteiger partial charge in [-0.3, -0.25) is 9.59 Å². The van der Waals surface area contributed by atoms with E-state index < -0.39 is 0 Å². The molecule has 3 rings (SSSR count). The molecule has 0 saturated heterocycles. The van der Waals surface area contributed by atoms with Crippen molar-refractivity contribution in [3.8, 4) is 22.6 Å². The second-order valence-electron chi connectivity index (χ2n) is 10.9. The molecule has 3 aromatic rings. The van der Waals surface area contributed by atoms with Crippen molar-refractivity contribution in [1.82, 2.24) is 5.32 Å². The summed E-state index contributed by atoms with van der Waals surface area (Å²) in [6, 6.07) is 20.5. The molecule has 0 saturated carbocycles. The number of ether oxygens (including phenoxy) is 3. The molecule has 0 radical (unpaired) electrons. The summed E-state index contributed by atoms with van der Waals surface area (Å²) in [6.45, 7) is 5.72. The van der Waals surface area contributed by atoms with Gasteiger partial charge in [0, 0.05) is 24.3 Å². The van der Waals surface area contributed by atoms with E-state index in [4.69, 9.17) is 14.2 Å². The number of esters is 1. The lowest BCUT2D eigenvalue weighted by atomic mass is 9.96. The number of nitrogens with one attached hydrogen (secondary N) is 1. The quantitative estimate of drug-likeness (QED) is 0.0710. The molecule has 0 heterocycles. The fourth-order valence-electron chi connectivity index (χ4n) is 5.17. The number of thioether (sulfide) groups is 1. The molecule has 0 spiro atoms. The molecular formula is C37H49NO6S. The van der Waals surface area contributed by atoms with Crippen molar-refractivity contribution in [3.63, 3.8) is 0 Å². The summed E-state index contributed by atoms with van der Waals surface area (Å²) >= 11 is 1.71. The SMILES string of the molecule is CCNC(=O)CCc1c(CCCCCCOc2cc(CO)cc(-c3ccc(SC)cc3)c2)cccc1OCCCC(=O)OCC. The Morgan fingerprint density at radius 3 is 2.33 bits per heavy atom. The van der Waals surface area contributed by atoms with E-state index in [1.807, 2.05) is 37.3 Å². The molecule has 7 nitrogen and oxygen atoms in total. The zero-order chi connectivity index (χ0) is 32.3. The normalized spacial score (nSPS) is 10.8. The first kappa shape index (κ1) is 36.0. The van der Waals surface area contributed by atoms with Gasteiger partial charge in [-0.25, -0.2) is 0 Å². The first-order valence-corrected chi connectivity index (χ1v) is 17.4. The number of rotatable bonds is 21. The third kappa shape index (κ3) is 12.8. The summed E-state index contributed by atoms with van der Waals surface area (Å²) in [6.07, 6.45) is 8.96. The Hall–Kier alpha value is -3.49. The number of hydrogen-bond acceptors (Lipinski definition) is 7. The van der Waals surface area contributed by atoms with E-state index in [1.54, 1.807) is 18.7 Å². The second kappa shape index (κ2) is 20.5. The third-order valence-electron chi connectivity index (χ3n) is 7.48. The molecule has 3 aromatic carbocycles. The minimum absolute atomic E-state index is 0.0296. The van der Waals surface area contributed by atoms with Gasteiger partial charge in [-0.2, -0.15) is 0 Å². The van der Waals surface area contributed by atoms with Crippen LogP contribution in [0.5, 0.6) is 11.5 Å². The van der Waals surface area contributed by atoms with E-state index in [2.05, 4.69) is 41.9 Å². The number of benzene rings is 3. The lowest BCUT2D eigenvalue weighted by molar-refractivity contribution is -0.143. The first-order valence-electron chi connectivity index (χ1n) is 16.1. The predicted molar refractivity (Wildman–Crippen MR) is 182 cm³/mol. The average Bonchev–Trinajstić information content (AvgIpc) is 3.05. The number of carbonyl (C=O) groups excluding carboxylic acids is 2. The van der Waals surface area contributed by atoms with Crippen LogP contribution in [-0.2, 0) is 33.8 Å². The maximum atomic E-state index is 12.2. The fourth-order valence-corrected chi connectivity index (χ4v) is 5.57. The average molecular weight is 636 g/mol. The largest absolute Gasteiger partial charge is 0.494 e. The van der Waals surface area contributed by atoms with E-state index >= 15 is 0 Å². The van der Waals surface area contributed by atoms with Gasteiger partial charge < -0.3 is 24.6 Å². The summed E-state index contributed by atoms with van der Waals surface area (Å²) in [5, 5.41) is 12.7. The predicted octanol–water partition coefficient (Wildman–Crippen LogP) is 7.54. The van der Waals surface area contributed by atoms with Crippen molar-refractivity contribution < 1.29 is 28.9 Å². The number of amides is 1. The highest BCUT2D eigenvalue weighted by atomic mass is 32.2. The van der Waals surface area contributed by atoms with Crippen LogP contribution in [0.2, 0.25) is 0 Å². The van der Waals surface area contributed by atoms with E-state index in [0.717, 1.165) is 65.9 Å². The van der Waals surface area contributed by atoms with Gasteiger partial charge in [0.2, 0.25) is 5.91 Å². The molecule has 1 amide bonds. The highest BCUT2D eigenvalue weighted by Crippen LogP contribution is 2.29. The van der Waals surface area contributed by atoms with Gasteiger partial charge in [0.1, 0.15) is 11.5 Å². The highest BCUT2D eigenvalue weighted by Gasteiger charge is 2.13. The lowest BCUT2D eigenvalue weighted by Crippen LogP contribution is -2.23. The second-order valence-corrected chi connectivity index (χ2v) is 11.7. The van der Waals surface area contributed by atoms with Gasteiger partial charge in [-0.1, -0.05) is 37.1 Å². The van der Waals surface area contributed by atoms with Crippen molar-refractivity contribution in [2.75, 3.05) is 32.6 Å². The van der Waals surface area contributed by atoms with Crippen LogP contribution in [0.15, 0.2) is 65.6 Å². The lowest BCUT2D eigenvalue weighted by Gasteiger charge is -2.16. The Kier molecular flexibility index (Phi) is 16.4. The summed E-state index contributed by atoms with van der Waals surface area (Å²) in [4.78, 5) is 25.1. The van der Waals surface area contributed by atoms with Crippen LogP contribution in [0, 0.1) is 0 Å². The maximum Gasteiger partial charge on any atom is 0.305 e. The number of unbranched alkanes of at least 4 members (excludes halogenated alkanes) is 3. The molecule has 0 bridgehead atoms. The van der Waals surface area contributed by atoms with Gasteiger partial charge in [0.05, 0.1) is 26.4 Å². The van der Waals surface area contributed by atoms with Crippen molar-refractivity contribution in [3.05, 3.63) is 77.4 Å². The minimum atomic E-state index is -0.211. The topological polar surface area (TPSA) is 94.1 Å². The zero-order valence-corrected chi connectivity index (χ0v) is 27.9. The van der Waals surface area contributed by atoms with Gasteiger partial charge in [0.15, 0.2) is 0 Å². The Labute approximate surface area is 273 Å². The number of aliphatic hydroxyl groups is 1. The molecular weight excluding hydrogens is 586 g/mol. The van der Waals surface area contributed by atoms with Crippen LogP contribution in [0.25, 0.3) is 11.1 Å². The molecule has 0 atom stereocenters. The zero-order valence-electron chi connectivity index (χ0n) is 27.1. The number of aliphatic hydroxyl groups excluding tert-OH is 1. The number of carbonyl (C=O) groups is 2. The van der Waals surface area contributed by atoms with E-state index in [9.17, 15) is 14.7 Å². The van der Waals surface area contributed by atoms with Crippen molar-refractivity contribution in [2.24, 2.45) is 0 Å². The molecule has 2 N–H and O–H groups in total. The molecule has 244 valence electrons. The van der Waals surface area contributed by atoms with E-state index in [-0.39, 0.29) is 18.5 Å². The highest BCUT2D eigenvalue weighted by molar-refractivity contribution is 7.98. The van der Waals surface area contributed by atoms with E-state index in [1.165, 1.54) is 10.5 Å². The van der Waals surface area contributed by atoms with Gasteiger partial charge in [-0.05, 0) is 116 Å². The van der Waals surface area contributed by atoms with Crippen molar-refractivity contribution in [1.29, 1.82) is 0 Å². The number of aryl methyl sites for hydroxylation is 1. The van der Waals surface area contributed by atoms with Crippen LogP contribution < -0.4 is 14.8 Å². The van der Waals surface area contributed by atoms with Gasteiger partial charge in [-0.15, -0.1) is 11.8 Å². The molecule has 8 heteroatoms. The van der Waals surface area contributed by atoms with Gasteiger partial charge in [0.25, 0.3) is 0 Å². The van der Waals surface area contributed by atoms with Gasteiger partial charge >= 0.3 is 5.97 Å². The van der Waals surface area contributed by atoms with Crippen LogP contribution in [-0.4, -0.2) is 49.6 Å². The summed E-state index contributed by atoms with van der Waals surface area (Å²) in [5.41, 5.74) is 5.26. The number of hydrogen-bond donors (Lipinski definition) is 2. The third-order valence-corrected chi connectivity index (χ3v) is 8.22. The molecule has 45 heavy (non-hydrogen) atoms. The molecule has 0 unspecified atom stereocenters. The van der Waals surface area contributed by atoms with Crippen molar-refractivity contribution >= 4 is 23.6 Å². The van der Waals surface area contributed by atoms with Crippen LogP contribution in [0.3, 0.4) is 0 Å². The Bertz CT molecular complexity index is 1330. The Morgan fingerprint density at radius 1 is 0.822 bits per heavy atom. The monoisotopic (exact) mass is 635 g/mol. The molecule has 0 fully saturated rings. The summed E-state index contributed by atoms with van der Waals surface area (Å²) in [5.74, 6) is 1.39. The fraction of sp³-hybridized carbons (Fsp3) is 0.459. The smallest absolute Gasteiger partial charge is 0.305 e. The molecule has 0 aliphatic carbocycles. The summed E-state index contributed by atoms with van der Waals surface area (Å²) in [7, 11) is 0. The molecule has 0 aromatic heterocycles. The van der Waals surface area contributed by atoms with Crippen LogP contribution in [0.1, 0.15) is 75.5 Å². The maximum absolute atomic E-state index is 12.2. The first-order chi connectivity index (χ1) is 22.0.